The van der Waals surface area contributed by atoms with E-state index in [1.54, 1.807) is 14.0 Å². The molecular weight excluding hydrogens is 512 g/mol. The Hall–Kier alpha value is -4.43. The molecule has 8 nitrogen and oxygen atoms in total. The van der Waals surface area contributed by atoms with Crippen molar-refractivity contribution in [3.63, 3.8) is 0 Å². The topological polar surface area (TPSA) is 125 Å². The summed E-state index contributed by atoms with van der Waals surface area (Å²) < 4.78 is 7.56. The van der Waals surface area contributed by atoms with Gasteiger partial charge in [-0.25, -0.2) is 0 Å². The maximum Gasteiger partial charge on any atom is 0.237 e. The van der Waals surface area contributed by atoms with Crippen LogP contribution in [0, 0.1) is 0 Å². The Bertz CT molecular complexity index is 1590. The third-order valence-corrected chi connectivity index (χ3v) is 7.80. The molecular formula is C33H38N6O2. The number of aromatic nitrogens is 4. The number of nitrogens with one attached hydrogen (secondary N) is 1. The second kappa shape index (κ2) is 12.4. The fraction of sp³-hybridized carbons (Fsp3) is 0.303. The van der Waals surface area contributed by atoms with Gasteiger partial charge in [0.05, 0.1) is 19.2 Å². The SMILES string of the molecule is COc1ccc(Cn2c(CCCc3ccccc3)nnc2C(Cc2c[nH]c3ccccc23)CC(C)(N)C(N)=O)cc1. The molecule has 8 heteroatoms. The molecule has 0 fully saturated rings. The average Bonchev–Trinajstić information content (AvgIpc) is 3.57. The van der Waals surface area contributed by atoms with Gasteiger partial charge in [0.1, 0.15) is 17.4 Å². The number of H-pyrrole nitrogens is 1. The second-order valence-corrected chi connectivity index (χ2v) is 11.0. The molecule has 41 heavy (non-hydrogen) atoms. The fourth-order valence-corrected chi connectivity index (χ4v) is 5.45. The summed E-state index contributed by atoms with van der Waals surface area (Å²) >= 11 is 0. The Morgan fingerprint density at radius 2 is 1.71 bits per heavy atom. The third-order valence-electron chi connectivity index (χ3n) is 7.80. The molecule has 1 amide bonds. The number of amides is 1. The number of carbonyl (C=O) groups excluding carboxylic acids is 1. The highest BCUT2D eigenvalue weighted by molar-refractivity contribution is 5.84. The molecule has 5 aromatic rings. The van der Waals surface area contributed by atoms with Crippen molar-refractivity contribution < 1.29 is 9.53 Å². The molecule has 0 saturated carbocycles. The van der Waals surface area contributed by atoms with Gasteiger partial charge in [-0.3, -0.25) is 4.79 Å². The number of nitrogens with zero attached hydrogens (tertiary/aromatic N) is 3. The van der Waals surface area contributed by atoms with Gasteiger partial charge in [-0.2, -0.15) is 0 Å². The molecule has 0 radical (unpaired) electrons. The Kier molecular flexibility index (Phi) is 8.50. The number of aryl methyl sites for hydroxylation is 2. The maximum atomic E-state index is 12.4. The number of rotatable bonds is 13. The van der Waals surface area contributed by atoms with E-state index < -0.39 is 11.4 Å². The number of aromatic amines is 1. The van der Waals surface area contributed by atoms with E-state index in [1.807, 2.05) is 36.5 Å². The van der Waals surface area contributed by atoms with Crippen molar-refractivity contribution in [2.45, 2.75) is 57.0 Å². The smallest absolute Gasteiger partial charge is 0.237 e. The van der Waals surface area contributed by atoms with Crippen LogP contribution in [0.4, 0.5) is 0 Å². The van der Waals surface area contributed by atoms with Gasteiger partial charge in [-0.05, 0) is 67.5 Å². The molecule has 5 rings (SSSR count). The molecule has 2 aromatic heterocycles. The molecule has 0 saturated heterocycles. The quantitative estimate of drug-likeness (QED) is 0.192. The third kappa shape index (κ3) is 6.66. The summed E-state index contributed by atoms with van der Waals surface area (Å²) in [6, 6.07) is 26.7. The molecule has 0 aliphatic rings. The van der Waals surface area contributed by atoms with Crippen LogP contribution in [0.25, 0.3) is 10.9 Å². The van der Waals surface area contributed by atoms with Crippen LogP contribution in [0.1, 0.15) is 54.0 Å². The van der Waals surface area contributed by atoms with Gasteiger partial charge >= 0.3 is 0 Å². The Labute approximate surface area is 240 Å². The first-order chi connectivity index (χ1) is 19.8. The molecule has 2 heterocycles. The Balaban J connectivity index is 1.51. The summed E-state index contributed by atoms with van der Waals surface area (Å²) in [7, 11) is 1.66. The van der Waals surface area contributed by atoms with Crippen LogP contribution in [0.5, 0.6) is 5.75 Å². The van der Waals surface area contributed by atoms with Crippen molar-refractivity contribution in [3.8, 4) is 5.75 Å². The van der Waals surface area contributed by atoms with Gasteiger partial charge in [0.15, 0.2) is 0 Å². The van der Waals surface area contributed by atoms with Crippen LogP contribution in [-0.2, 0) is 30.6 Å². The number of hydrogen-bond donors (Lipinski definition) is 3. The van der Waals surface area contributed by atoms with Gasteiger partial charge in [0.25, 0.3) is 0 Å². The molecule has 212 valence electrons. The van der Waals surface area contributed by atoms with Crippen LogP contribution in [0.15, 0.2) is 85.1 Å². The van der Waals surface area contributed by atoms with E-state index in [1.165, 1.54) is 5.56 Å². The predicted molar refractivity (Wildman–Crippen MR) is 162 cm³/mol. The lowest BCUT2D eigenvalue weighted by molar-refractivity contribution is -0.122. The van der Waals surface area contributed by atoms with E-state index in [2.05, 4.69) is 63.2 Å². The normalized spacial score (nSPS) is 13.6. The molecule has 5 N–H and O–H groups in total. The van der Waals surface area contributed by atoms with Gasteiger partial charge in [0.2, 0.25) is 5.91 Å². The highest BCUT2D eigenvalue weighted by Gasteiger charge is 2.33. The number of benzene rings is 3. The summed E-state index contributed by atoms with van der Waals surface area (Å²) in [5.41, 5.74) is 15.6. The Morgan fingerprint density at radius 3 is 2.44 bits per heavy atom. The van der Waals surface area contributed by atoms with Crippen molar-refractivity contribution in [2.75, 3.05) is 7.11 Å². The zero-order chi connectivity index (χ0) is 28.8. The number of methoxy groups -OCH3 is 1. The number of hydrogen-bond acceptors (Lipinski definition) is 5. The van der Waals surface area contributed by atoms with Crippen LogP contribution < -0.4 is 16.2 Å². The highest BCUT2D eigenvalue weighted by Crippen LogP contribution is 2.32. The minimum Gasteiger partial charge on any atom is -0.497 e. The molecule has 0 aliphatic carbocycles. The zero-order valence-electron chi connectivity index (χ0n) is 23.7. The molecule has 0 spiro atoms. The molecule has 3 aromatic carbocycles. The van der Waals surface area contributed by atoms with E-state index in [9.17, 15) is 4.79 Å². The van der Waals surface area contributed by atoms with E-state index in [0.717, 1.165) is 58.7 Å². The van der Waals surface area contributed by atoms with E-state index >= 15 is 0 Å². The number of fused-ring (bicyclic) bond motifs is 1. The number of primary amides is 1. The lowest BCUT2D eigenvalue weighted by Crippen LogP contribution is -2.50. The van der Waals surface area contributed by atoms with Crippen molar-refractivity contribution in [3.05, 3.63) is 113 Å². The molecule has 2 atom stereocenters. The number of ether oxygens (including phenoxy) is 1. The van der Waals surface area contributed by atoms with Crippen LogP contribution in [0.2, 0.25) is 0 Å². The highest BCUT2D eigenvalue weighted by atomic mass is 16.5. The van der Waals surface area contributed by atoms with Crippen molar-refractivity contribution in [2.24, 2.45) is 11.5 Å². The molecule has 0 aliphatic heterocycles. The molecule has 0 bridgehead atoms. The monoisotopic (exact) mass is 550 g/mol. The zero-order valence-corrected chi connectivity index (χ0v) is 23.7. The minimum atomic E-state index is -1.21. The van der Waals surface area contributed by atoms with E-state index in [-0.39, 0.29) is 5.92 Å². The summed E-state index contributed by atoms with van der Waals surface area (Å²) in [6.07, 6.45) is 5.66. The summed E-state index contributed by atoms with van der Waals surface area (Å²) in [6.45, 7) is 2.29. The van der Waals surface area contributed by atoms with Crippen LogP contribution >= 0.6 is 0 Å². The first kappa shape index (κ1) is 28.1. The summed E-state index contributed by atoms with van der Waals surface area (Å²) in [4.78, 5) is 15.7. The first-order valence-electron chi connectivity index (χ1n) is 14.1. The van der Waals surface area contributed by atoms with Crippen LogP contribution in [0.3, 0.4) is 0 Å². The lowest BCUT2D eigenvalue weighted by Gasteiger charge is -2.27. The minimum absolute atomic E-state index is 0.190. The van der Waals surface area contributed by atoms with E-state index in [0.29, 0.717) is 19.4 Å². The van der Waals surface area contributed by atoms with Gasteiger partial charge in [-0.15, -0.1) is 10.2 Å². The van der Waals surface area contributed by atoms with Crippen LogP contribution in [-0.4, -0.2) is 38.3 Å². The number of nitrogens with two attached hydrogens (primary N) is 2. The predicted octanol–water partition coefficient (Wildman–Crippen LogP) is 4.91. The fourth-order valence-electron chi connectivity index (χ4n) is 5.45. The lowest BCUT2D eigenvalue weighted by atomic mass is 9.84. The second-order valence-electron chi connectivity index (χ2n) is 11.0. The maximum absolute atomic E-state index is 12.4. The first-order valence-corrected chi connectivity index (χ1v) is 14.1. The number of carbonyl (C=O) groups is 1. The standard InChI is InChI=1S/C33H38N6O2/c1-33(35,32(34)40)20-25(19-26-21-36-29-13-7-6-12-28(26)29)31-38-37-30(14-8-11-23-9-4-3-5-10-23)39(31)22-24-15-17-27(41-2)18-16-24/h3-7,9-10,12-13,15-18,21,25,36H,8,11,14,19-20,22,35H2,1-2H3,(H2,34,40). The van der Waals surface area contributed by atoms with Crippen molar-refractivity contribution >= 4 is 16.8 Å². The van der Waals surface area contributed by atoms with Crippen molar-refractivity contribution in [1.82, 2.24) is 19.7 Å². The van der Waals surface area contributed by atoms with Gasteiger partial charge < -0.3 is 25.8 Å². The number of para-hydroxylation sites is 1. The summed E-state index contributed by atoms with van der Waals surface area (Å²) in [5, 5.41) is 10.6. The van der Waals surface area contributed by atoms with Gasteiger partial charge in [-0.1, -0.05) is 60.7 Å². The Morgan fingerprint density at radius 1 is 0.976 bits per heavy atom. The van der Waals surface area contributed by atoms with E-state index in [4.69, 9.17) is 21.3 Å². The van der Waals surface area contributed by atoms with Crippen molar-refractivity contribution in [1.29, 1.82) is 0 Å². The molecule has 2 unspecified atom stereocenters. The summed E-state index contributed by atoms with van der Waals surface area (Å²) in [5.74, 6) is 1.79. The average molecular weight is 551 g/mol. The largest absolute Gasteiger partial charge is 0.497 e. The van der Waals surface area contributed by atoms with Gasteiger partial charge in [0, 0.05) is 29.4 Å².